The maximum absolute atomic E-state index is 10.4. The summed E-state index contributed by atoms with van der Waals surface area (Å²) in [5.41, 5.74) is 1.24. The summed E-state index contributed by atoms with van der Waals surface area (Å²) in [7, 11) is 4.08. The molecule has 1 rings (SSSR count). The minimum Gasteiger partial charge on any atom is -0.392 e. The van der Waals surface area contributed by atoms with Crippen LogP contribution in [0.15, 0.2) is 30.3 Å². The van der Waals surface area contributed by atoms with E-state index in [1.54, 1.807) is 0 Å². The minimum absolute atomic E-state index is 0.233. The number of aliphatic hydroxyl groups excluding tert-OH is 1. The van der Waals surface area contributed by atoms with Gasteiger partial charge in [-0.1, -0.05) is 44.2 Å². The fourth-order valence-electron chi connectivity index (χ4n) is 2.30. The van der Waals surface area contributed by atoms with Gasteiger partial charge < -0.3 is 10.0 Å². The topological polar surface area (TPSA) is 23.5 Å². The maximum Gasteiger partial charge on any atom is 0.0623 e. The molecule has 2 nitrogen and oxygen atoms in total. The lowest BCUT2D eigenvalue weighted by Crippen LogP contribution is -2.27. The summed E-state index contributed by atoms with van der Waals surface area (Å²) >= 11 is 0. The summed E-state index contributed by atoms with van der Waals surface area (Å²) in [6.07, 6.45) is 0.560. The Bertz CT molecular complexity index is 308. The van der Waals surface area contributed by atoms with Gasteiger partial charge in [0.25, 0.3) is 0 Å². The van der Waals surface area contributed by atoms with Gasteiger partial charge >= 0.3 is 0 Å². The Kier molecular flexibility index (Phi) is 5.66. The van der Waals surface area contributed by atoms with Crippen molar-refractivity contribution < 1.29 is 5.11 Å². The van der Waals surface area contributed by atoms with E-state index in [-0.39, 0.29) is 12.0 Å². The normalized spacial score (nSPS) is 15.2. The molecule has 0 aliphatic heterocycles. The molecule has 0 fully saturated rings. The second-order valence-electron chi connectivity index (χ2n) is 5.34. The number of benzene rings is 1. The summed E-state index contributed by atoms with van der Waals surface area (Å²) in [5.74, 6) is 0.686. The molecule has 1 aromatic carbocycles. The molecule has 0 heterocycles. The molecule has 2 atom stereocenters. The first kappa shape index (κ1) is 14.2. The van der Waals surface area contributed by atoms with Gasteiger partial charge in [0.1, 0.15) is 0 Å². The Balaban J connectivity index is 2.72. The number of nitrogens with zero attached hydrogens (tertiary/aromatic N) is 1. The molecule has 1 N–H and O–H groups in total. The highest BCUT2D eigenvalue weighted by atomic mass is 16.3. The van der Waals surface area contributed by atoms with Crippen LogP contribution in [-0.4, -0.2) is 36.8 Å². The molecule has 0 bridgehead atoms. The third-order valence-electron chi connectivity index (χ3n) is 3.19. The molecule has 0 aliphatic carbocycles. The van der Waals surface area contributed by atoms with Gasteiger partial charge in [-0.3, -0.25) is 0 Å². The molecule has 96 valence electrons. The van der Waals surface area contributed by atoms with Crippen molar-refractivity contribution in [1.82, 2.24) is 4.90 Å². The second-order valence-corrected chi connectivity index (χ2v) is 5.34. The van der Waals surface area contributed by atoms with Crippen LogP contribution in [0.4, 0.5) is 0 Å². The van der Waals surface area contributed by atoms with Crippen LogP contribution < -0.4 is 0 Å². The van der Waals surface area contributed by atoms with Crippen molar-refractivity contribution in [2.45, 2.75) is 32.3 Å². The highest BCUT2D eigenvalue weighted by Crippen LogP contribution is 2.29. The van der Waals surface area contributed by atoms with Gasteiger partial charge in [-0.05, 0) is 32.0 Å². The number of rotatable bonds is 6. The van der Waals surface area contributed by atoms with Crippen molar-refractivity contribution >= 4 is 0 Å². The van der Waals surface area contributed by atoms with Crippen LogP contribution in [0.5, 0.6) is 0 Å². The molecule has 0 saturated carbocycles. The lowest BCUT2D eigenvalue weighted by atomic mass is 9.82. The molecule has 0 radical (unpaired) electrons. The SMILES string of the molecule is CC(C)C(c1ccccc1)C(O)CCN(C)C. The van der Waals surface area contributed by atoms with Gasteiger partial charge in [-0.2, -0.15) is 0 Å². The predicted molar refractivity (Wildman–Crippen MR) is 73.2 cm³/mol. The van der Waals surface area contributed by atoms with Crippen molar-refractivity contribution in [2.24, 2.45) is 5.92 Å². The van der Waals surface area contributed by atoms with E-state index in [1.807, 2.05) is 32.3 Å². The van der Waals surface area contributed by atoms with Crippen LogP contribution in [0.3, 0.4) is 0 Å². The van der Waals surface area contributed by atoms with Crippen LogP contribution in [-0.2, 0) is 0 Å². The Morgan fingerprint density at radius 1 is 1.12 bits per heavy atom. The average molecular weight is 235 g/mol. The van der Waals surface area contributed by atoms with E-state index in [2.05, 4.69) is 30.9 Å². The molecule has 2 heteroatoms. The highest BCUT2D eigenvalue weighted by molar-refractivity contribution is 5.21. The lowest BCUT2D eigenvalue weighted by Gasteiger charge is -2.27. The van der Waals surface area contributed by atoms with Crippen LogP contribution in [0.2, 0.25) is 0 Å². The first-order chi connectivity index (χ1) is 8.02. The molecule has 1 aromatic rings. The van der Waals surface area contributed by atoms with Gasteiger partial charge in [-0.15, -0.1) is 0 Å². The zero-order valence-electron chi connectivity index (χ0n) is 11.4. The Hall–Kier alpha value is -0.860. The molecule has 0 aromatic heterocycles. The summed E-state index contributed by atoms with van der Waals surface area (Å²) in [6, 6.07) is 10.3. The average Bonchev–Trinajstić information content (AvgIpc) is 2.27. The Morgan fingerprint density at radius 2 is 1.71 bits per heavy atom. The first-order valence-corrected chi connectivity index (χ1v) is 6.40. The summed E-state index contributed by atoms with van der Waals surface area (Å²) in [4.78, 5) is 2.12. The lowest BCUT2D eigenvalue weighted by molar-refractivity contribution is 0.105. The van der Waals surface area contributed by atoms with Crippen molar-refractivity contribution in [3.05, 3.63) is 35.9 Å². The van der Waals surface area contributed by atoms with Gasteiger partial charge in [0.15, 0.2) is 0 Å². The molecule has 0 spiro atoms. The van der Waals surface area contributed by atoms with Crippen molar-refractivity contribution in [2.75, 3.05) is 20.6 Å². The van der Waals surface area contributed by atoms with Gasteiger partial charge in [0.2, 0.25) is 0 Å². The van der Waals surface area contributed by atoms with Crippen LogP contribution in [0.1, 0.15) is 31.7 Å². The first-order valence-electron chi connectivity index (χ1n) is 6.40. The third-order valence-corrected chi connectivity index (χ3v) is 3.19. The fraction of sp³-hybridized carbons (Fsp3) is 0.600. The van der Waals surface area contributed by atoms with E-state index in [1.165, 1.54) is 5.56 Å². The van der Waals surface area contributed by atoms with E-state index in [0.717, 1.165) is 13.0 Å². The Morgan fingerprint density at radius 3 is 2.18 bits per heavy atom. The minimum atomic E-state index is -0.264. The molecule has 2 unspecified atom stereocenters. The van der Waals surface area contributed by atoms with Crippen LogP contribution in [0.25, 0.3) is 0 Å². The maximum atomic E-state index is 10.4. The van der Waals surface area contributed by atoms with Gasteiger partial charge in [-0.25, -0.2) is 0 Å². The standard InChI is InChI=1S/C15H25NO/c1-12(2)15(13-8-6-5-7-9-13)14(17)10-11-16(3)4/h5-9,12,14-15,17H,10-11H2,1-4H3. The highest BCUT2D eigenvalue weighted by Gasteiger charge is 2.23. The smallest absolute Gasteiger partial charge is 0.0623 e. The second kappa shape index (κ2) is 6.77. The van der Waals surface area contributed by atoms with E-state index in [9.17, 15) is 5.11 Å². The van der Waals surface area contributed by atoms with Crippen LogP contribution >= 0.6 is 0 Å². The molecule has 17 heavy (non-hydrogen) atoms. The van der Waals surface area contributed by atoms with Crippen molar-refractivity contribution in [3.63, 3.8) is 0 Å². The zero-order chi connectivity index (χ0) is 12.8. The molecular formula is C15H25NO. The molecule has 0 saturated heterocycles. The molecule has 0 aliphatic rings. The monoisotopic (exact) mass is 235 g/mol. The molecule has 0 amide bonds. The van der Waals surface area contributed by atoms with Gasteiger partial charge in [0.05, 0.1) is 6.10 Å². The van der Waals surface area contributed by atoms with Gasteiger partial charge in [0, 0.05) is 12.5 Å². The van der Waals surface area contributed by atoms with Crippen molar-refractivity contribution in [3.8, 4) is 0 Å². The molecular weight excluding hydrogens is 210 g/mol. The number of aliphatic hydroxyl groups is 1. The van der Waals surface area contributed by atoms with E-state index >= 15 is 0 Å². The number of hydrogen-bond donors (Lipinski definition) is 1. The van der Waals surface area contributed by atoms with Crippen molar-refractivity contribution in [1.29, 1.82) is 0 Å². The van der Waals surface area contributed by atoms with E-state index in [4.69, 9.17) is 0 Å². The zero-order valence-corrected chi connectivity index (χ0v) is 11.4. The summed E-state index contributed by atoms with van der Waals surface area (Å²) in [6.45, 7) is 5.28. The predicted octanol–water partition coefficient (Wildman–Crippen LogP) is 2.74. The van der Waals surface area contributed by atoms with E-state index < -0.39 is 0 Å². The summed E-state index contributed by atoms with van der Waals surface area (Å²) in [5, 5.41) is 10.4. The van der Waals surface area contributed by atoms with Crippen LogP contribution in [0, 0.1) is 5.92 Å². The third kappa shape index (κ3) is 4.49. The largest absolute Gasteiger partial charge is 0.392 e. The van der Waals surface area contributed by atoms with E-state index in [0.29, 0.717) is 5.92 Å². The fourth-order valence-corrected chi connectivity index (χ4v) is 2.30. The quantitative estimate of drug-likeness (QED) is 0.819. The number of hydrogen-bond acceptors (Lipinski definition) is 2. The Labute approximate surface area is 105 Å². The summed E-state index contributed by atoms with van der Waals surface area (Å²) < 4.78 is 0.